The van der Waals surface area contributed by atoms with Crippen LogP contribution in [0.1, 0.15) is 0 Å². The number of anilines is 3. The lowest BCUT2D eigenvalue weighted by Crippen LogP contribution is -2.74. The topological polar surface area (TPSA) is 3.24 Å². The molecule has 0 aliphatic heterocycles. The largest absolute Gasteiger partial charge is 0.310 e. The smallest absolute Gasteiger partial charge is 0.179 e. The molecule has 0 saturated heterocycles. The predicted octanol–water partition coefficient (Wildman–Crippen LogP) is 13.9. The molecule has 0 aliphatic carbocycles. The molecule has 0 unspecified atom stereocenters. The zero-order valence-electron chi connectivity index (χ0n) is 34.7. The Morgan fingerprint density at radius 2 is 0.683 bits per heavy atom. The van der Waals surface area contributed by atoms with Gasteiger partial charge in [-0.2, -0.15) is 0 Å². The van der Waals surface area contributed by atoms with Crippen molar-refractivity contribution in [1.82, 2.24) is 0 Å². The third-order valence-corrected chi connectivity index (χ3v) is 18.3. The minimum atomic E-state index is -2.69. The Kier molecular flexibility index (Phi) is 10.2. The van der Waals surface area contributed by atoms with E-state index in [9.17, 15) is 0 Å². The van der Waals surface area contributed by atoms with Crippen LogP contribution in [0.3, 0.4) is 0 Å². The SMILES string of the molecule is c1ccc(-c2ccc(N(c3ccc(-c4cccc([Si](c5ccccc5)(c5ccccc5)c5ccccc5)c4)cc3)c3cccc4sc5cccc(-c6ccccc6)c5c34)cc2)cc1. The number of hydrogen-bond acceptors (Lipinski definition) is 2. The van der Waals surface area contributed by atoms with Gasteiger partial charge in [-0.05, 0) is 96.6 Å². The summed E-state index contributed by atoms with van der Waals surface area (Å²) < 4.78 is 2.56. The lowest BCUT2D eigenvalue weighted by molar-refractivity contribution is 1.30. The fraction of sp³-hybridized carbons (Fsp3) is 0. The summed E-state index contributed by atoms with van der Waals surface area (Å²) in [7, 11) is -2.69. The molecule has 11 rings (SSSR count). The molecule has 298 valence electrons. The highest BCUT2D eigenvalue weighted by atomic mass is 32.1. The molecule has 0 aliphatic rings. The summed E-state index contributed by atoms with van der Waals surface area (Å²) in [6.07, 6.45) is 0. The molecular weight excluding hydrogens is 795 g/mol. The number of rotatable bonds is 10. The molecule has 0 atom stereocenters. The molecule has 3 heteroatoms. The second kappa shape index (κ2) is 16.7. The quantitative estimate of drug-likeness (QED) is 0.0980. The van der Waals surface area contributed by atoms with Crippen molar-refractivity contribution in [1.29, 1.82) is 0 Å². The van der Waals surface area contributed by atoms with Crippen LogP contribution in [0.2, 0.25) is 0 Å². The zero-order valence-corrected chi connectivity index (χ0v) is 36.5. The molecule has 0 fully saturated rings. The number of nitrogens with zero attached hydrogens (tertiary/aromatic N) is 1. The summed E-state index contributed by atoms with van der Waals surface area (Å²) in [5, 5.41) is 8.03. The summed E-state index contributed by atoms with van der Waals surface area (Å²) in [5.74, 6) is 0. The van der Waals surface area contributed by atoms with Gasteiger partial charge in [0.05, 0.1) is 5.69 Å². The van der Waals surface area contributed by atoms with Crippen LogP contribution in [-0.4, -0.2) is 8.07 Å². The van der Waals surface area contributed by atoms with Crippen molar-refractivity contribution in [2.24, 2.45) is 0 Å². The van der Waals surface area contributed by atoms with Crippen LogP contribution in [0.5, 0.6) is 0 Å². The molecule has 0 spiro atoms. The van der Waals surface area contributed by atoms with Crippen LogP contribution < -0.4 is 25.6 Å². The maximum absolute atomic E-state index is 2.69. The Labute approximate surface area is 374 Å². The first-order chi connectivity index (χ1) is 31.3. The minimum Gasteiger partial charge on any atom is -0.310 e. The Bertz CT molecular complexity index is 3200. The summed E-state index contributed by atoms with van der Waals surface area (Å²) in [6, 6.07) is 96.0. The molecule has 63 heavy (non-hydrogen) atoms. The van der Waals surface area contributed by atoms with Gasteiger partial charge >= 0.3 is 0 Å². The van der Waals surface area contributed by atoms with E-state index in [1.807, 2.05) is 11.3 Å². The highest BCUT2D eigenvalue weighted by Gasteiger charge is 2.41. The molecule has 0 radical (unpaired) electrons. The van der Waals surface area contributed by atoms with Gasteiger partial charge < -0.3 is 4.90 Å². The average molecular weight is 838 g/mol. The lowest BCUT2D eigenvalue weighted by Gasteiger charge is -2.34. The predicted molar refractivity (Wildman–Crippen MR) is 274 cm³/mol. The molecule has 0 bridgehead atoms. The van der Waals surface area contributed by atoms with Crippen LogP contribution in [0.15, 0.2) is 261 Å². The average Bonchev–Trinajstić information content (AvgIpc) is 3.76. The highest BCUT2D eigenvalue weighted by Crippen LogP contribution is 2.48. The summed E-state index contributed by atoms with van der Waals surface area (Å²) in [4.78, 5) is 2.45. The Morgan fingerprint density at radius 1 is 0.286 bits per heavy atom. The Balaban J connectivity index is 1.07. The van der Waals surface area contributed by atoms with Crippen molar-refractivity contribution in [3.05, 3.63) is 261 Å². The van der Waals surface area contributed by atoms with Gasteiger partial charge in [0.2, 0.25) is 0 Å². The van der Waals surface area contributed by atoms with E-state index in [4.69, 9.17) is 0 Å². The van der Waals surface area contributed by atoms with Crippen LogP contribution >= 0.6 is 11.3 Å². The van der Waals surface area contributed by atoms with Gasteiger partial charge in [-0.3, -0.25) is 0 Å². The van der Waals surface area contributed by atoms with Crippen LogP contribution in [0.4, 0.5) is 17.1 Å². The number of benzene rings is 10. The Morgan fingerprint density at radius 3 is 1.22 bits per heavy atom. The standard InChI is InChI=1S/C60H43NSSi/c1-6-19-44(20-7-1)45-35-39-49(40-36-45)61(56-32-18-34-58-60(56)59-55(31-17-33-57(59)62-58)47-21-8-2-9-22-47)50-41-37-46(38-42-50)48-23-16-30-54(43-48)63(51-24-10-3-11-25-51,52-26-12-4-13-27-52)53-28-14-5-15-29-53/h1-43H. The first-order valence-corrected chi connectivity index (χ1v) is 24.4. The number of hydrogen-bond donors (Lipinski definition) is 0. The maximum atomic E-state index is 2.46. The number of fused-ring (bicyclic) bond motifs is 3. The van der Waals surface area contributed by atoms with Crippen molar-refractivity contribution < 1.29 is 0 Å². The second-order valence-corrected chi connectivity index (χ2v) is 20.9. The molecule has 0 saturated carbocycles. The van der Waals surface area contributed by atoms with Crippen LogP contribution in [0, 0.1) is 0 Å². The van der Waals surface area contributed by atoms with E-state index in [1.165, 1.54) is 74.3 Å². The first kappa shape index (κ1) is 38.4. The van der Waals surface area contributed by atoms with Crippen molar-refractivity contribution in [2.75, 3.05) is 4.90 Å². The van der Waals surface area contributed by atoms with E-state index in [0.717, 1.165) is 17.1 Å². The molecular formula is C60H43NSSi. The lowest BCUT2D eigenvalue weighted by atomic mass is 9.98. The van der Waals surface area contributed by atoms with Gasteiger partial charge in [0.1, 0.15) is 0 Å². The fourth-order valence-electron chi connectivity index (χ4n) is 9.55. The first-order valence-electron chi connectivity index (χ1n) is 21.6. The normalized spacial score (nSPS) is 11.5. The fourth-order valence-corrected chi connectivity index (χ4v) is 15.5. The molecule has 1 heterocycles. The third-order valence-electron chi connectivity index (χ3n) is 12.4. The Hall–Kier alpha value is -7.56. The van der Waals surface area contributed by atoms with E-state index in [1.54, 1.807) is 0 Å². The van der Waals surface area contributed by atoms with E-state index in [-0.39, 0.29) is 0 Å². The van der Waals surface area contributed by atoms with Gasteiger partial charge in [-0.1, -0.05) is 218 Å². The van der Waals surface area contributed by atoms with Gasteiger partial charge in [0.15, 0.2) is 8.07 Å². The van der Waals surface area contributed by atoms with Crippen molar-refractivity contribution in [3.8, 4) is 33.4 Å². The van der Waals surface area contributed by atoms with E-state index < -0.39 is 8.07 Å². The van der Waals surface area contributed by atoms with Gasteiger partial charge in [-0.15, -0.1) is 11.3 Å². The van der Waals surface area contributed by atoms with E-state index in [2.05, 4.69) is 266 Å². The van der Waals surface area contributed by atoms with Crippen LogP contribution in [0.25, 0.3) is 53.6 Å². The van der Waals surface area contributed by atoms with E-state index in [0.29, 0.717) is 0 Å². The van der Waals surface area contributed by atoms with Gasteiger partial charge in [0, 0.05) is 31.5 Å². The monoisotopic (exact) mass is 837 g/mol. The maximum Gasteiger partial charge on any atom is 0.179 e. The molecule has 1 aromatic heterocycles. The third kappa shape index (κ3) is 6.98. The summed E-state index contributed by atoms with van der Waals surface area (Å²) >= 11 is 1.87. The number of thiophene rings is 1. The molecule has 11 aromatic rings. The molecule has 1 nitrogen and oxygen atoms in total. The highest BCUT2D eigenvalue weighted by molar-refractivity contribution is 7.26. The van der Waals surface area contributed by atoms with Gasteiger partial charge in [0.25, 0.3) is 0 Å². The second-order valence-electron chi connectivity index (χ2n) is 16.0. The summed E-state index contributed by atoms with van der Waals surface area (Å²) in [6.45, 7) is 0. The minimum absolute atomic E-state index is 1.10. The zero-order chi connectivity index (χ0) is 42.0. The van der Waals surface area contributed by atoms with Gasteiger partial charge in [-0.25, -0.2) is 0 Å². The van der Waals surface area contributed by atoms with Crippen molar-refractivity contribution >= 4 is 77.4 Å². The molecule has 10 aromatic carbocycles. The van der Waals surface area contributed by atoms with Crippen LogP contribution in [-0.2, 0) is 0 Å². The summed E-state index contributed by atoms with van der Waals surface area (Å²) in [5.41, 5.74) is 10.6. The van der Waals surface area contributed by atoms with Crippen molar-refractivity contribution in [2.45, 2.75) is 0 Å². The molecule has 0 amide bonds. The van der Waals surface area contributed by atoms with E-state index >= 15 is 0 Å². The van der Waals surface area contributed by atoms with Crippen molar-refractivity contribution in [3.63, 3.8) is 0 Å². The molecule has 0 N–H and O–H groups in total.